The molecule has 0 saturated heterocycles. The highest BCUT2D eigenvalue weighted by Crippen LogP contribution is 2.32. The van der Waals surface area contributed by atoms with Crippen LogP contribution >= 0.6 is 15.9 Å². The fourth-order valence-electron chi connectivity index (χ4n) is 2.15. The van der Waals surface area contributed by atoms with E-state index >= 15 is 0 Å². The minimum absolute atomic E-state index is 0.00455. The van der Waals surface area contributed by atoms with Crippen LogP contribution in [0.15, 0.2) is 46.0 Å². The number of para-hydroxylation sites is 1. The molecule has 7 nitrogen and oxygen atoms in total. The molecule has 0 aliphatic rings. The normalized spacial score (nSPS) is 11.8. The maximum absolute atomic E-state index is 13.6. The first-order valence-corrected chi connectivity index (χ1v) is 8.96. The van der Waals surface area contributed by atoms with E-state index in [0.717, 1.165) is 0 Å². The molecule has 148 valence electrons. The van der Waals surface area contributed by atoms with E-state index in [9.17, 15) is 14.0 Å². The number of nitrogens with zero attached hydrogens (tertiary/aromatic N) is 1. The van der Waals surface area contributed by atoms with Gasteiger partial charge in [0.15, 0.2) is 11.5 Å². The van der Waals surface area contributed by atoms with Crippen molar-refractivity contribution in [3.8, 4) is 11.5 Å². The van der Waals surface area contributed by atoms with E-state index in [1.165, 1.54) is 45.6 Å². The van der Waals surface area contributed by atoms with Crippen LogP contribution in [-0.2, 0) is 9.59 Å². The lowest BCUT2D eigenvalue weighted by Gasteiger charge is -2.11. The molecule has 2 aromatic rings. The molecule has 0 aliphatic heterocycles. The van der Waals surface area contributed by atoms with E-state index in [4.69, 9.17) is 9.47 Å². The molecule has 2 N–H and O–H groups in total. The van der Waals surface area contributed by atoms with Gasteiger partial charge < -0.3 is 14.8 Å². The highest BCUT2D eigenvalue weighted by molar-refractivity contribution is 9.10. The number of nitrogens with one attached hydrogen (secondary N) is 2. The lowest BCUT2D eigenvalue weighted by atomic mass is 10.1. The molecule has 0 fully saturated rings. The number of anilines is 1. The van der Waals surface area contributed by atoms with Crippen molar-refractivity contribution in [1.29, 1.82) is 0 Å². The lowest BCUT2D eigenvalue weighted by molar-refractivity contribution is -0.131. The van der Waals surface area contributed by atoms with Gasteiger partial charge in [-0.2, -0.15) is 5.10 Å². The van der Waals surface area contributed by atoms with Gasteiger partial charge in [-0.1, -0.05) is 12.1 Å². The van der Waals surface area contributed by atoms with E-state index in [1.54, 1.807) is 18.2 Å². The van der Waals surface area contributed by atoms with Crippen molar-refractivity contribution in [2.45, 2.75) is 6.92 Å². The highest BCUT2D eigenvalue weighted by Gasteiger charge is 2.22. The summed E-state index contributed by atoms with van der Waals surface area (Å²) in [5, 5.41) is 6.23. The van der Waals surface area contributed by atoms with E-state index < -0.39 is 23.5 Å². The fraction of sp³-hybridized carbons (Fsp3) is 0.211. The highest BCUT2D eigenvalue weighted by atomic mass is 79.9. The maximum atomic E-state index is 13.6. The zero-order chi connectivity index (χ0) is 20.7. The molecule has 2 rings (SSSR count). The topological polar surface area (TPSA) is 89.0 Å². The quantitative estimate of drug-likeness (QED) is 0.383. The molecule has 28 heavy (non-hydrogen) atoms. The Labute approximate surface area is 170 Å². The molecule has 0 radical (unpaired) electrons. The molecule has 0 saturated carbocycles. The SMILES string of the molecule is COc1cc(Br)c(C=NNC(=O)C(C)C(=O)Nc2ccccc2F)cc1OC. The summed E-state index contributed by atoms with van der Waals surface area (Å²) in [6, 6.07) is 9.08. The van der Waals surface area contributed by atoms with Crippen LogP contribution in [0.5, 0.6) is 11.5 Å². The summed E-state index contributed by atoms with van der Waals surface area (Å²) in [7, 11) is 3.02. The predicted molar refractivity (Wildman–Crippen MR) is 107 cm³/mol. The van der Waals surface area contributed by atoms with Gasteiger partial charge in [-0.3, -0.25) is 9.59 Å². The van der Waals surface area contributed by atoms with Gasteiger partial charge in [0.25, 0.3) is 5.91 Å². The summed E-state index contributed by atoms with van der Waals surface area (Å²) >= 11 is 3.38. The number of hydrazone groups is 1. The van der Waals surface area contributed by atoms with E-state index in [2.05, 4.69) is 31.8 Å². The summed E-state index contributed by atoms with van der Waals surface area (Å²) in [6.07, 6.45) is 1.39. The number of carbonyl (C=O) groups excluding carboxylic acids is 2. The second-order valence-electron chi connectivity index (χ2n) is 5.65. The van der Waals surface area contributed by atoms with Gasteiger partial charge in [0.2, 0.25) is 5.91 Å². The van der Waals surface area contributed by atoms with Crippen molar-refractivity contribution in [2.24, 2.45) is 11.0 Å². The third kappa shape index (κ3) is 5.29. The first-order chi connectivity index (χ1) is 13.4. The monoisotopic (exact) mass is 451 g/mol. The van der Waals surface area contributed by atoms with E-state index in [-0.39, 0.29) is 5.69 Å². The summed E-state index contributed by atoms with van der Waals surface area (Å²) < 4.78 is 24.7. The fourth-order valence-corrected chi connectivity index (χ4v) is 2.58. The van der Waals surface area contributed by atoms with Gasteiger partial charge in [0.05, 0.1) is 26.1 Å². The molecular weight excluding hydrogens is 433 g/mol. The van der Waals surface area contributed by atoms with Gasteiger partial charge in [-0.25, -0.2) is 9.82 Å². The zero-order valence-corrected chi connectivity index (χ0v) is 17.0. The maximum Gasteiger partial charge on any atom is 0.252 e. The van der Waals surface area contributed by atoms with Gasteiger partial charge >= 0.3 is 0 Å². The van der Waals surface area contributed by atoms with Crippen molar-refractivity contribution in [3.05, 3.63) is 52.3 Å². The van der Waals surface area contributed by atoms with Crippen molar-refractivity contribution in [2.75, 3.05) is 19.5 Å². The summed E-state index contributed by atoms with van der Waals surface area (Å²) in [6.45, 7) is 1.40. The Morgan fingerprint density at radius 2 is 1.79 bits per heavy atom. The summed E-state index contributed by atoms with van der Waals surface area (Å²) in [5.41, 5.74) is 2.92. The third-order valence-electron chi connectivity index (χ3n) is 3.80. The van der Waals surface area contributed by atoms with Crippen LogP contribution in [0.3, 0.4) is 0 Å². The van der Waals surface area contributed by atoms with Gasteiger partial charge in [-0.05, 0) is 47.1 Å². The summed E-state index contributed by atoms with van der Waals surface area (Å²) in [4.78, 5) is 24.2. The van der Waals surface area contributed by atoms with Crippen LogP contribution in [0.1, 0.15) is 12.5 Å². The molecule has 0 bridgehead atoms. The Bertz CT molecular complexity index is 905. The van der Waals surface area contributed by atoms with Crippen LogP contribution in [0.25, 0.3) is 0 Å². The Morgan fingerprint density at radius 1 is 1.14 bits per heavy atom. The molecule has 0 spiro atoms. The molecular formula is C19H19BrFN3O4. The molecule has 0 aliphatic carbocycles. The minimum atomic E-state index is -1.08. The van der Waals surface area contributed by atoms with Crippen LogP contribution in [-0.4, -0.2) is 32.2 Å². The first-order valence-electron chi connectivity index (χ1n) is 8.17. The first kappa shape index (κ1) is 21.4. The molecule has 2 aromatic carbocycles. The number of benzene rings is 2. The Balaban J connectivity index is 2.01. The van der Waals surface area contributed by atoms with Crippen molar-refractivity contribution in [1.82, 2.24) is 5.43 Å². The average Bonchev–Trinajstić information content (AvgIpc) is 2.69. The smallest absolute Gasteiger partial charge is 0.252 e. The number of carbonyl (C=O) groups is 2. The molecule has 0 aromatic heterocycles. The molecule has 1 atom stereocenters. The number of amides is 2. The Kier molecular flexibility index (Phi) is 7.51. The second kappa shape index (κ2) is 9.84. The predicted octanol–water partition coefficient (Wildman–Crippen LogP) is 3.33. The molecule has 0 heterocycles. The largest absolute Gasteiger partial charge is 0.493 e. The van der Waals surface area contributed by atoms with Crippen LogP contribution in [0.2, 0.25) is 0 Å². The number of rotatable bonds is 7. The lowest BCUT2D eigenvalue weighted by Crippen LogP contribution is -2.34. The molecule has 9 heteroatoms. The van der Waals surface area contributed by atoms with Crippen LogP contribution in [0.4, 0.5) is 10.1 Å². The van der Waals surface area contributed by atoms with Gasteiger partial charge in [-0.15, -0.1) is 0 Å². The Morgan fingerprint density at radius 3 is 2.43 bits per heavy atom. The molecule has 2 amide bonds. The van der Waals surface area contributed by atoms with Crippen molar-refractivity contribution in [3.63, 3.8) is 0 Å². The second-order valence-corrected chi connectivity index (χ2v) is 6.51. The van der Waals surface area contributed by atoms with Gasteiger partial charge in [0, 0.05) is 10.0 Å². The number of methoxy groups -OCH3 is 2. The van der Waals surface area contributed by atoms with E-state index in [1.807, 2.05) is 0 Å². The molecule has 1 unspecified atom stereocenters. The number of hydrogen-bond donors (Lipinski definition) is 2. The minimum Gasteiger partial charge on any atom is -0.493 e. The third-order valence-corrected chi connectivity index (χ3v) is 4.49. The number of hydrogen-bond acceptors (Lipinski definition) is 5. The van der Waals surface area contributed by atoms with Crippen molar-refractivity contribution >= 4 is 39.6 Å². The average molecular weight is 452 g/mol. The zero-order valence-electron chi connectivity index (χ0n) is 15.5. The van der Waals surface area contributed by atoms with Crippen LogP contribution < -0.4 is 20.2 Å². The van der Waals surface area contributed by atoms with Crippen LogP contribution in [0, 0.1) is 11.7 Å². The Hall–Kier alpha value is -2.94. The number of halogens is 2. The standard InChI is InChI=1S/C19H19BrFN3O4/c1-11(18(25)23-15-7-5-4-6-14(15)21)19(26)24-22-10-12-8-16(27-2)17(28-3)9-13(12)20/h4-11H,1-3H3,(H,23,25)(H,24,26). The van der Waals surface area contributed by atoms with E-state index in [0.29, 0.717) is 21.5 Å². The number of ether oxygens (including phenoxy) is 2. The van der Waals surface area contributed by atoms with Gasteiger partial charge in [0.1, 0.15) is 11.7 Å². The summed E-state index contributed by atoms with van der Waals surface area (Å²) in [5.74, 6) is -1.91. The van der Waals surface area contributed by atoms with Crippen molar-refractivity contribution < 1.29 is 23.5 Å².